The van der Waals surface area contributed by atoms with Gasteiger partial charge in [0, 0.05) is 18.0 Å². The van der Waals surface area contributed by atoms with Gasteiger partial charge in [0.05, 0.1) is 32.4 Å². The minimum atomic E-state index is -0.307. The number of hydrogen-bond acceptors (Lipinski definition) is 6. The topological polar surface area (TPSA) is 73.8 Å². The molecule has 1 aromatic carbocycles. The van der Waals surface area contributed by atoms with Crippen LogP contribution in [0.3, 0.4) is 0 Å². The van der Waals surface area contributed by atoms with E-state index in [0.717, 1.165) is 16.7 Å². The van der Waals surface area contributed by atoms with E-state index in [4.69, 9.17) is 14.2 Å². The van der Waals surface area contributed by atoms with Crippen molar-refractivity contribution >= 4 is 11.7 Å². The molecule has 3 heterocycles. The zero-order chi connectivity index (χ0) is 18.6. The predicted molar refractivity (Wildman–Crippen MR) is 98.0 cm³/mol. The first kappa shape index (κ1) is 17.5. The average molecular weight is 367 g/mol. The van der Waals surface area contributed by atoms with E-state index in [1.807, 2.05) is 36.4 Å². The lowest BCUT2D eigenvalue weighted by Crippen LogP contribution is -2.56. The average Bonchev–Trinajstić information content (AvgIpc) is 2.72. The number of nitrogens with zero attached hydrogens (tertiary/aromatic N) is 3. The van der Waals surface area contributed by atoms with Crippen molar-refractivity contribution < 1.29 is 19.0 Å². The molecule has 0 saturated carbocycles. The molecular formula is C20H21N3O4. The Hall–Kier alpha value is -2.93. The normalized spacial score (nSPS) is 21.4. The first-order valence-corrected chi connectivity index (χ1v) is 8.88. The number of aromatic nitrogens is 2. The van der Waals surface area contributed by atoms with Crippen LogP contribution in [0, 0.1) is 0 Å². The molecule has 7 nitrogen and oxygen atoms in total. The van der Waals surface area contributed by atoms with Gasteiger partial charge in [-0.15, -0.1) is 0 Å². The SMILES string of the molecule is COc1ncc(C2=CC3COCC(C2)N3C(=O)OCc2ccccc2)cn1. The van der Waals surface area contributed by atoms with Crippen LogP contribution in [0.1, 0.15) is 17.5 Å². The van der Waals surface area contributed by atoms with E-state index in [1.165, 1.54) is 7.11 Å². The standard InChI is InChI=1S/C20H21N3O4/c1-25-19-21-9-16(10-22-19)15-7-17-12-26-13-18(8-15)23(17)20(24)27-11-14-5-3-2-4-6-14/h2-7,9-10,17-18H,8,11-13H2,1H3. The van der Waals surface area contributed by atoms with E-state index in [1.54, 1.807) is 17.3 Å². The van der Waals surface area contributed by atoms with Crippen LogP contribution in [0.15, 0.2) is 48.8 Å². The fourth-order valence-electron chi connectivity index (χ4n) is 3.48. The predicted octanol–water partition coefficient (Wildman–Crippen LogP) is 2.68. The third-order valence-corrected chi connectivity index (χ3v) is 4.80. The van der Waals surface area contributed by atoms with Gasteiger partial charge in [0.1, 0.15) is 6.61 Å². The van der Waals surface area contributed by atoms with Gasteiger partial charge in [-0.1, -0.05) is 36.4 Å². The third-order valence-electron chi connectivity index (χ3n) is 4.80. The van der Waals surface area contributed by atoms with Crippen molar-refractivity contribution in [3.63, 3.8) is 0 Å². The highest BCUT2D eigenvalue weighted by molar-refractivity contribution is 5.74. The summed E-state index contributed by atoms with van der Waals surface area (Å²) in [7, 11) is 1.54. The van der Waals surface area contributed by atoms with Crippen LogP contribution in [-0.2, 0) is 16.1 Å². The fourth-order valence-corrected chi connectivity index (χ4v) is 3.48. The highest BCUT2D eigenvalue weighted by Crippen LogP contribution is 2.32. The Labute approximate surface area is 157 Å². The highest BCUT2D eigenvalue weighted by atomic mass is 16.6. The molecule has 1 saturated heterocycles. The Kier molecular flexibility index (Phi) is 5.02. The van der Waals surface area contributed by atoms with E-state index in [-0.39, 0.29) is 24.8 Å². The second-order valence-electron chi connectivity index (χ2n) is 6.56. The molecule has 2 aliphatic rings. The van der Waals surface area contributed by atoms with Crippen LogP contribution in [0.25, 0.3) is 5.57 Å². The van der Waals surface area contributed by atoms with Gasteiger partial charge in [0.2, 0.25) is 0 Å². The van der Waals surface area contributed by atoms with Crippen LogP contribution in [0.2, 0.25) is 0 Å². The van der Waals surface area contributed by atoms with E-state index in [0.29, 0.717) is 25.6 Å². The van der Waals surface area contributed by atoms with Crippen LogP contribution >= 0.6 is 0 Å². The van der Waals surface area contributed by atoms with Gasteiger partial charge in [-0.05, 0) is 17.6 Å². The fraction of sp³-hybridized carbons (Fsp3) is 0.350. The van der Waals surface area contributed by atoms with Crippen LogP contribution in [-0.4, -0.2) is 53.4 Å². The summed E-state index contributed by atoms with van der Waals surface area (Å²) in [5, 5.41) is 0. The first-order valence-electron chi connectivity index (χ1n) is 8.88. The summed E-state index contributed by atoms with van der Waals surface area (Å²) in [4.78, 5) is 22.8. The second-order valence-corrected chi connectivity index (χ2v) is 6.56. The maximum atomic E-state index is 12.7. The molecule has 0 spiro atoms. The lowest BCUT2D eigenvalue weighted by atomic mass is 9.91. The number of carbonyl (C=O) groups excluding carboxylic acids is 1. The Morgan fingerprint density at radius 1 is 1.22 bits per heavy atom. The number of carbonyl (C=O) groups is 1. The summed E-state index contributed by atoms with van der Waals surface area (Å²) in [6, 6.07) is 9.80. The lowest BCUT2D eigenvalue weighted by molar-refractivity contribution is -0.0342. The lowest BCUT2D eigenvalue weighted by Gasteiger charge is -2.43. The monoisotopic (exact) mass is 367 g/mol. The molecule has 4 rings (SSSR count). The largest absolute Gasteiger partial charge is 0.467 e. The van der Waals surface area contributed by atoms with Crippen molar-refractivity contribution in [2.45, 2.75) is 25.1 Å². The molecule has 2 atom stereocenters. The van der Waals surface area contributed by atoms with Gasteiger partial charge >= 0.3 is 12.1 Å². The molecular weight excluding hydrogens is 346 g/mol. The molecule has 2 aliphatic heterocycles. The summed E-state index contributed by atoms with van der Waals surface area (Å²) in [6.07, 6.45) is 5.91. The number of fused-ring (bicyclic) bond motifs is 2. The molecule has 1 fully saturated rings. The van der Waals surface area contributed by atoms with E-state index < -0.39 is 0 Å². The number of rotatable bonds is 4. The third kappa shape index (κ3) is 3.78. The van der Waals surface area contributed by atoms with E-state index >= 15 is 0 Å². The summed E-state index contributed by atoms with van der Waals surface area (Å²) in [6.45, 7) is 1.21. The minimum absolute atomic E-state index is 0.0610. The van der Waals surface area contributed by atoms with Crippen LogP contribution in [0.4, 0.5) is 4.79 Å². The second kappa shape index (κ2) is 7.75. The Morgan fingerprint density at radius 3 is 2.70 bits per heavy atom. The Balaban J connectivity index is 1.48. The zero-order valence-electron chi connectivity index (χ0n) is 15.1. The first-order chi connectivity index (χ1) is 13.2. The molecule has 0 aliphatic carbocycles. The summed E-state index contributed by atoms with van der Waals surface area (Å²) >= 11 is 0. The molecule has 7 heteroatoms. The molecule has 1 amide bonds. The molecule has 0 radical (unpaired) electrons. The smallest absolute Gasteiger partial charge is 0.411 e. The van der Waals surface area contributed by atoms with Crippen molar-refractivity contribution in [3.05, 3.63) is 59.9 Å². The van der Waals surface area contributed by atoms with Crippen molar-refractivity contribution in [1.82, 2.24) is 14.9 Å². The molecule has 27 heavy (non-hydrogen) atoms. The number of amides is 1. The summed E-state index contributed by atoms with van der Waals surface area (Å²) < 4.78 is 16.2. The molecule has 140 valence electrons. The van der Waals surface area contributed by atoms with Gasteiger partial charge in [0.25, 0.3) is 0 Å². The molecule has 2 bridgehead atoms. The number of hydrogen-bond donors (Lipinski definition) is 0. The maximum Gasteiger partial charge on any atom is 0.411 e. The molecule has 1 aromatic heterocycles. The van der Waals surface area contributed by atoms with Crippen LogP contribution < -0.4 is 4.74 Å². The van der Waals surface area contributed by atoms with E-state index in [9.17, 15) is 4.79 Å². The minimum Gasteiger partial charge on any atom is -0.467 e. The van der Waals surface area contributed by atoms with Crippen molar-refractivity contribution in [2.75, 3.05) is 20.3 Å². The van der Waals surface area contributed by atoms with Crippen molar-refractivity contribution in [2.24, 2.45) is 0 Å². The van der Waals surface area contributed by atoms with Gasteiger partial charge in [-0.2, -0.15) is 0 Å². The highest BCUT2D eigenvalue weighted by Gasteiger charge is 2.39. The number of benzene rings is 1. The Bertz CT molecular complexity index is 823. The van der Waals surface area contributed by atoms with Gasteiger partial charge < -0.3 is 14.2 Å². The maximum absolute atomic E-state index is 12.7. The Morgan fingerprint density at radius 2 is 2.00 bits per heavy atom. The van der Waals surface area contributed by atoms with Crippen molar-refractivity contribution in [3.8, 4) is 6.01 Å². The van der Waals surface area contributed by atoms with Gasteiger partial charge in [0.15, 0.2) is 0 Å². The van der Waals surface area contributed by atoms with Gasteiger partial charge in [-0.25, -0.2) is 14.8 Å². The zero-order valence-corrected chi connectivity index (χ0v) is 15.1. The molecule has 2 aromatic rings. The van der Waals surface area contributed by atoms with Crippen LogP contribution in [0.5, 0.6) is 6.01 Å². The summed E-state index contributed by atoms with van der Waals surface area (Å²) in [5.74, 6) is 0. The molecule has 2 unspecified atom stereocenters. The quantitative estimate of drug-likeness (QED) is 0.827. The number of ether oxygens (including phenoxy) is 3. The number of methoxy groups -OCH3 is 1. The number of morpholine rings is 1. The summed E-state index contributed by atoms with van der Waals surface area (Å²) in [5.41, 5.74) is 3.02. The molecule has 0 N–H and O–H groups in total. The van der Waals surface area contributed by atoms with Crippen molar-refractivity contribution in [1.29, 1.82) is 0 Å². The van der Waals surface area contributed by atoms with E-state index in [2.05, 4.69) is 9.97 Å². The van der Waals surface area contributed by atoms with Gasteiger partial charge in [-0.3, -0.25) is 4.90 Å².